The minimum atomic E-state index is -0.814. The van der Waals surface area contributed by atoms with Gasteiger partial charge in [0, 0.05) is 19.3 Å². The fourth-order valence-electron chi connectivity index (χ4n) is 7.58. The highest BCUT2D eigenvalue weighted by Gasteiger charge is 2.19. The van der Waals surface area contributed by atoms with Crippen LogP contribution in [-0.2, 0) is 28.6 Å². The van der Waals surface area contributed by atoms with E-state index in [9.17, 15) is 14.4 Å². The first-order chi connectivity index (χ1) is 34.5. The molecule has 0 heterocycles. The van der Waals surface area contributed by atoms with Gasteiger partial charge in [-0.1, -0.05) is 214 Å². The van der Waals surface area contributed by atoms with Gasteiger partial charge in [0.25, 0.3) is 0 Å². The molecule has 0 aromatic heterocycles. The maximum Gasteiger partial charge on any atom is 0.306 e. The Morgan fingerprint density at radius 1 is 0.286 bits per heavy atom. The van der Waals surface area contributed by atoms with Crippen LogP contribution in [0.4, 0.5) is 0 Å². The Balaban J connectivity index is 4.53. The summed E-state index contributed by atoms with van der Waals surface area (Å²) >= 11 is 0. The Hall–Kier alpha value is -3.93. The summed E-state index contributed by atoms with van der Waals surface area (Å²) in [6, 6.07) is 0. The van der Waals surface area contributed by atoms with Crippen LogP contribution >= 0.6 is 0 Å². The molecule has 0 aliphatic carbocycles. The first-order valence-corrected chi connectivity index (χ1v) is 28.9. The van der Waals surface area contributed by atoms with Crippen molar-refractivity contribution >= 4 is 17.9 Å². The van der Waals surface area contributed by atoms with Crippen molar-refractivity contribution in [3.8, 4) is 0 Å². The van der Waals surface area contributed by atoms with Crippen molar-refractivity contribution in [3.05, 3.63) is 109 Å². The molecule has 6 heteroatoms. The van der Waals surface area contributed by atoms with Gasteiger partial charge in [-0.2, -0.15) is 0 Å². The fourth-order valence-corrected chi connectivity index (χ4v) is 7.58. The van der Waals surface area contributed by atoms with E-state index in [0.29, 0.717) is 12.8 Å². The molecule has 0 aliphatic heterocycles. The zero-order valence-electron chi connectivity index (χ0n) is 45.5. The number of hydrogen-bond acceptors (Lipinski definition) is 6. The van der Waals surface area contributed by atoms with Crippen LogP contribution in [0.1, 0.15) is 258 Å². The SMILES string of the molecule is CCCCC/C=C/C/C=C/C/C=C/C/C=C/CCCCCC(=O)OC[C@@H](COC(=O)CCCCCCC/C=C/CCCCCCC)OC(=O)CCCCC/C=C/C/C=C/C/C=C/C/C=C/CCCCC. The Morgan fingerprint density at radius 2 is 0.514 bits per heavy atom. The normalized spacial score (nSPS) is 12.9. The van der Waals surface area contributed by atoms with Gasteiger partial charge in [0.2, 0.25) is 0 Å². The lowest BCUT2D eigenvalue weighted by molar-refractivity contribution is -0.167. The molecule has 70 heavy (non-hydrogen) atoms. The number of carbonyl (C=O) groups excluding carboxylic acids is 3. The summed E-state index contributed by atoms with van der Waals surface area (Å²) in [6.45, 7) is 6.51. The molecule has 0 saturated carbocycles. The third-order valence-corrected chi connectivity index (χ3v) is 12.0. The summed E-state index contributed by atoms with van der Waals surface area (Å²) in [5, 5.41) is 0. The summed E-state index contributed by atoms with van der Waals surface area (Å²) < 4.78 is 16.8. The van der Waals surface area contributed by atoms with Crippen molar-refractivity contribution in [3.63, 3.8) is 0 Å². The molecule has 0 aromatic rings. The minimum absolute atomic E-state index is 0.107. The van der Waals surface area contributed by atoms with Gasteiger partial charge in [-0.25, -0.2) is 0 Å². The van der Waals surface area contributed by atoms with E-state index in [1.54, 1.807) is 0 Å². The smallest absolute Gasteiger partial charge is 0.306 e. The van der Waals surface area contributed by atoms with E-state index in [-0.39, 0.29) is 37.5 Å². The zero-order valence-corrected chi connectivity index (χ0v) is 45.5. The maximum absolute atomic E-state index is 12.9. The number of esters is 3. The summed E-state index contributed by atoms with van der Waals surface area (Å²) in [5.74, 6) is -0.978. The summed E-state index contributed by atoms with van der Waals surface area (Å²) in [4.78, 5) is 38.2. The average Bonchev–Trinajstić information content (AvgIpc) is 3.36. The van der Waals surface area contributed by atoms with Gasteiger partial charge in [0.1, 0.15) is 13.2 Å². The van der Waals surface area contributed by atoms with Gasteiger partial charge < -0.3 is 14.2 Å². The molecule has 0 unspecified atom stereocenters. The molecule has 0 radical (unpaired) electrons. The van der Waals surface area contributed by atoms with E-state index in [0.717, 1.165) is 122 Å². The quantitative estimate of drug-likeness (QED) is 0.0262. The molecule has 0 bridgehead atoms. The molecule has 0 rings (SSSR count). The van der Waals surface area contributed by atoms with Gasteiger partial charge >= 0.3 is 17.9 Å². The first-order valence-electron chi connectivity index (χ1n) is 28.9. The molecule has 0 saturated heterocycles. The van der Waals surface area contributed by atoms with Crippen molar-refractivity contribution in [2.75, 3.05) is 13.2 Å². The van der Waals surface area contributed by atoms with Gasteiger partial charge in [-0.15, -0.1) is 0 Å². The molecule has 6 nitrogen and oxygen atoms in total. The lowest BCUT2D eigenvalue weighted by atomic mass is 10.1. The predicted octanol–water partition coefficient (Wildman–Crippen LogP) is 19.5. The third-order valence-electron chi connectivity index (χ3n) is 12.0. The summed E-state index contributed by atoms with van der Waals surface area (Å²) in [7, 11) is 0. The van der Waals surface area contributed by atoms with Gasteiger partial charge in [-0.05, 0) is 135 Å². The fraction of sp³-hybridized carbons (Fsp3) is 0.672. The molecule has 398 valence electrons. The van der Waals surface area contributed by atoms with E-state index in [1.807, 2.05) is 0 Å². The average molecular weight is 972 g/mol. The summed E-state index contributed by atoms with van der Waals surface area (Å²) in [6.07, 6.45) is 77.8. The van der Waals surface area contributed by atoms with Crippen LogP contribution in [0.2, 0.25) is 0 Å². The Bertz CT molecular complexity index is 1440. The van der Waals surface area contributed by atoms with Crippen LogP contribution in [-0.4, -0.2) is 37.2 Å². The Morgan fingerprint density at radius 3 is 0.857 bits per heavy atom. The number of ether oxygens (including phenoxy) is 3. The molecule has 0 spiro atoms. The molecule has 0 amide bonds. The highest BCUT2D eigenvalue weighted by Crippen LogP contribution is 2.13. The number of unbranched alkanes of at least 4 members (excludes halogenated alkanes) is 22. The molecule has 0 N–H and O–H groups in total. The second kappa shape index (κ2) is 57.6. The van der Waals surface area contributed by atoms with E-state index < -0.39 is 6.10 Å². The van der Waals surface area contributed by atoms with Crippen molar-refractivity contribution in [1.82, 2.24) is 0 Å². The summed E-state index contributed by atoms with van der Waals surface area (Å²) in [5.41, 5.74) is 0. The number of allylic oxidation sites excluding steroid dienone is 18. The van der Waals surface area contributed by atoms with Crippen LogP contribution in [0.15, 0.2) is 109 Å². The molecule has 0 aromatic carbocycles. The van der Waals surface area contributed by atoms with E-state index in [2.05, 4.69) is 130 Å². The highest BCUT2D eigenvalue weighted by molar-refractivity contribution is 5.71. The topological polar surface area (TPSA) is 78.9 Å². The second-order valence-corrected chi connectivity index (χ2v) is 18.8. The van der Waals surface area contributed by atoms with Crippen LogP contribution in [0.25, 0.3) is 0 Å². The molecule has 1 atom stereocenters. The molecule has 0 fully saturated rings. The zero-order chi connectivity index (χ0) is 50.7. The predicted molar refractivity (Wildman–Crippen MR) is 302 cm³/mol. The molecule has 0 aliphatic rings. The van der Waals surface area contributed by atoms with Crippen molar-refractivity contribution in [1.29, 1.82) is 0 Å². The monoisotopic (exact) mass is 971 g/mol. The van der Waals surface area contributed by atoms with Crippen molar-refractivity contribution in [2.45, 2.75) is 264 Å². The van der Waals surface area contributed by atoms with Gasteiger partial charge in [0.15, 0.2) is 6.10 Å². The highest BCUT2D eigenvalue weighted by atomic mass is 16.6. The molecular formula is C64H106O6. The van der Waals surface area contributed by atoms with E-state index in [1.165, 1.54) is 96.3 Å². The largest absolute Gasteiger partial charge is 0.462 e. The van der Waals surface area contributed by atoms with E-state index >= 15 is 0 Å². The van der Waals surface area contributed by atoms with Crippen LogP contribution in [0, 0.1) is 0 Å². The third kappa shape index (κ3) is 55.0. The number of hydrogen-bond donors (Lipinski definition) is 0. The lowest BCUT2D eigenvalue weighted by Crippen LogP contribution is -2.30. The van der Waals surface area contributed by atoms with Gasteiger partial charge in [-0.3, -0.25) is 14.4 Å². The maximum atomic E-state index is 12.9. The van der Waals surface area contributed by atoms with Crippen LogP contribution in [0.3, 0.4) is 0 Å². The van der Waals surface area contributed by atoms with Gasteiger partial charge in [0.05, 0.1) is 0 Å². The lowest BCUT2D eigenvalue weighted by Gasteiger charge is -2.18. The minimum Gasteiger partial charge on any atom is -0.462 e. The Kier molecular flexibility index (Phi) is 54.4. The standard InChI is InChI=1S/C64H106O6/c1-4-7-10-13-16-19-22-25-28-30-32-34-36-39-42-45-48-51-54-57-63(66)69-60-61(59-68-62(65)56-53-50-47-44-41-38-27-24-21-18-15-12-9-6-3)70-64(67)58-55-52-49-46-43-40-37-35-33-31-29-26-23-20-17-14-11-8-5-2/h16-17,19-20,24-29,32-35,39-40,42-43,61H,4-15,18,21-23,30-31,36-38,41,44-60H2,1-3H3/b19-16+,20-17+,27-24+,28-25+,29-26+,34-32+,35-33+,42-39+,43-40+/t61-/m1/s1. The van der Waals surface area contributed by atoms with Crippen molar-refractivity contribution in [2.24, 2.45) is 0 Å². The second-order valence-electron chi connectivity index (χ2n) is 18.8. The number of rotatable bonds is 51. The molecular weight excluding hydrogens is 865 g/mol. The first kappa shape index (κ1) is 66.1. The van der Waals surface area contributed by atoms with Crippen LogP contribution in [0.5, 0.6) is 0 Å². The Labute approximate surface area is 431 Å². The van der Waals surface area contributed by atoms with E-state index in [4.69, 9.17) is 14.2 Å². The number of carbonyl (C=O) groups is 3. The van der Waals surface area contributed by atoms with Crippen LogP contribution < -0.4 is 0 Å². The van der Waals surface area contributed by atoms with Crippen molar-refractivity contribution < 1.29 is 28.6 Å².